The fourth-order valence-corrected chi connectivity index (χ4v) is 1.53. The third-order valence-corrected chi connectivity index (χ3v) is 2.50. The molecule has 0 amide bonds. The van der Waals surface area contributed by atoms with Crippen LogP contribution in [0.3, 0.4) is 0 Å². The Labute approximate surface area is 107 Å². The van der Waals surface area contributed by atoms with Crippen LogP contribution in [0.4, 0.5) is 0 Å². The van der Waals surface area contributed by atoms with Gasteiger partial charge in [-0.1, -0.05) is 25.9 Å². The average Bonchev–Trinajstić information content (AvgIpc) is 2.34. The number of methoxy groups -OCH3 is 1. The van der Waals surface area contributed by atoms with Gasteiger partial charge in [0.05, 0.1) is 7.11 Å². The van der Waals surface area contributed by atoms with E-state index in [-0.39, 0.29) is 17.9 Å². The number of nitrogens with two attached hydrogens (primary N) is 1. The second kappa shape index (κ2) is 5.62. The highest BCUT2D eigenvalue weighted by atomic mass is 16.5. The first-order valence-corrected chi connectivity index (χ1v) is 5.66. The maximum Gasteiger partial charge on any atom is 0.177 e. The lowest BCUT2D eigenvalue weighted by Crippen LogP contribution is -2.22. The first-order chi connectivity index (χ1) is 8.38. The second-order valence-corrected chi connectivity index (χ2v) is 4.99. The van der Waals surface area contributed by atoms with Crippen molar-refractivity contribution in [3.63, 3.8) is 0 Å². The van der Waals surface area contributed by atoms with E-state index in [4.69, 9.17) is 20.4 Å². The number of rotatable bonds is 4. The van der Waals surface area contributed by atoms with E-state index in [1.165, 1.54) is 0 Å². The molecule has 1 aromatic carbocycles. The predicted molar refractivity (Wildman–Crippen MR) is 70.6 cm³/mol. The van der Waals surface area contributed by atoms with Crippen LogP contribution < -0.4 is 15.2 Å². The van der Waals surface area contributed by atoms with Crippen LogP contribution >= 0.6 is 0 Å². The summed E-state index contributed by atoms with van der Waals surface area (Å²) < 4.78 is 10.8. The quantitative estimate of drug-likeness (QED) is 0.372. The van der Waals surface area contributed by atoms with Gasteiger partial charge in [0.15, 0.2) is 5.84 Å². The zero-order valence-corrected chi connectivity index (χ0v) is 11.2. The Balaban J connectivity index is 3.03. The summed E-state index contributed by atoms with van der Waals surface area (Å²) >= 11 is 0. The molecule has 5 nitrogen and oxygen atoms in total. The highest BCUT2D eigenvalue weighted by molar-refractivity contribution is 5.81. The Morgan fingerprint density at radius 3 is 2.56 bits per heavy atom. The third kappa shape index (κ3) is 3.55. The Morgan fingerprint density at radius 2 is 2.06 bits per heavy atom. The molecule has 18 heavy (non-hydrogen) atoms. The molecule has 0 saturated carbocycles. The minimum absolute atomic E-state index is 0.0330. The number of oxime groups is 1. The molecule has 0 fully saturated rings. The Morgan fingerprint density at radius 1 is 1.39 bits per heavy atom. The SMILES string of the molecule is COc1ccc(OC/C(N)=N/O)c(C(C)(C)C)c1. The van der Waals surface area contributed by atoms with Crippen molar-refractivity contribution in [3.05, 3.63) is 23.8 Å². The van der Waals surface area contributed by atoms with Crippen LogP contribution in [0.1, 0.15) is 26.3 Å². The van der Waals surface area contributed by atoms with Gasteiger partial charge in [-0.25, -0.2) is 0 Å². The van der Waals surface area contributed by atoms with Gasteiger partial charge in [0, 0.05) is 5.56 Å². The highest BCUT2D eigenvalue weighted by Crippen LogP contribution is 2.34. The molecule has 0 spiro atoms. The van der Waals surface area contributed by atoms with Gasteiger partial charge in [0.2, 0.25) is 0 Å². The first kappa shape index (κ1) is 14.2. The number of amidine groups is 1. The van der Waals surface area contributed by atoms with E-state index in [9.17, 15) is 0 Å². The van der Waals surface area contributed by atoms with E-state index >= 15 is 0 Å². The van der Waals surface area contributed by atoms with E-state index in [0.717, 1.165) is 11.3 Å². The lowest BCUT2D eigenvalue weighted by molar-refractivity contribution is 0.304. The highest BCUT2D eigenvalue weighted by Gasteiger charge is 2.20. The molecule has 0 unspecified atom stereocenters. The maximum atomic E-state index is 8.49. The van der Waals surface area contributed by atoms with Crippen LogP contribution in [-0.4, -0.2) is 24.8 Å². The smallest absolute Gasteiger partial charge is 0.177 e. The summed E-state index contributed by atoms with van der Waals surface area (Å²) in [5.41, 5.74) is 6.31. The van der Waals surface area contributed by atoms with Gasteiger partial charge in [-0.3, -0.25) is 0 Å². The fourth-order valence-electron chi connectivity index (χ4n) is 1.53. The van der Waals surface area contributed by atoms with Crippen molar-refractivity contribution in [1.82, 2.24) is 0 Å². The molecule has 1 rings (SSSR count). The van der Waals surface area contributed by atoms with Crippen molar-refractivity contribution in [2.75, 3.05) is 13.7 Å². The van der Waals surface area contributed by atoms with Gasteiger partial charge in [0.25, 0.3) is 0 Å². The molecule has 3 N–H and O–H groups in total. The van der Waals surface area contributed by atoms with Crippen LogP contribution in [0.2, 0.25) is 0 Å². The van der Waals surface area contributed by atoms with Crippen molar-refractivity contribution in [2.45, 2.75) is 26.2 Å². The minimum Gasteiger partial charge on any atom is -0.497 e. The summed E-state index contributed by atoms with van der Waals surface area (Å²) in [5.74, 6) is 1.51. The summed E-state index contributed by atoms with van der Waals surface area (Å²) in [6.07, 6.45) is 0. The van der Waals surface area contributed by atoms with Crippen molar-refractivity contribution in [1.29, 1.82) is 0 Å². The Hall–Kier alpha value is -1.91. The van der Waals surface area contributed by atoms with Crippen molar-refractivity contribution in [2.24, 2.45) is 10.9 Å². The van der Waals surface area contributed by atoms with Gasteiger partial charge >= 0.3 is 0 Å². The minimum atomic E-state index is -0.0883. The molecule has 0 aliphatic heterocycles. The van der Waals surface area contributed by atoms with E-state index in [2.05, 4.69) is 25.9 Å². The van der Waals surface area contributed by atoms with Crippen molar-refractivity contribution < 1.29 is 14.7 Å². The third-order valence-electron chi connectivity index (χ3n) is 2.50. The van der Waals surface area contributed by atoms with Crippen molar-refractivity contribution >= 4 is 5.84 Å². The standard InChI is InChI=1S/C13H20N2O3/c1-13(2,3)10-7-9(17-4)5-6-11(10)18-8-12(14)15-16/h5-7,16H,8H2,1-4H3,(H2,14,15). The van der Waals surface area contributed by atoms with E-state index in [1.54, 1.807) is 7.11 Å². The predicted octanol–water partition coefficient (Wildman–Crippen LogP) is 2.12. The molecule has 5 heteroatoms. The fraction of sp³-hybridized carbons (Fsp3) is 0.462. The summed E-state index contributed by atoms with van der Waals surface area (Å²) in [7, 11) is 1.62. The molecule has 0 heterocycles. The molecule has 100 valence electrons. The average molecular weight is 252 g/mol. The van der Waals surface area contributed by atoms with Gasteiger partial charge in [0.1, 0.15) is 18.1 Å². The van der Waals surface area contributed by atoms with Crippen molar-refractivity contribution in [3.8, 4) is 11.5 Å². The summed E-state index contributed by atoms with van der Waals surface area (Å²) in [6.45, 7) is 6.29. The maximum absolute atomic E-state index is 8.49. The Kier molecular flexibility index (Phi) is 4.42. The van der Waals surface area contributed by atoms with Gasteiger partial charge in [-0.15, -0.1) is 0 Å². The lowest BCUT2D eigenvalue weighted by Gasteiger charge is -2.23. The van der Waals surface area contributed by atoms with E-state index in [0.29, 0.717) is 5.75 Å². The normalized spacial score (nSPS) is 12.3. The summed E-state index contributed by atoms with van der Waals surface area (Å²) in [6, 6.07) is 5.57. The van der Waals surface area contributed by atoms with Crippen LogP contribution in [0.15, 0.2) is 23.4 Å². The van der Waals surface area contributed by atoms with Gasteiger partial charge in [-0.2, -0.15) is 0 Å². The molecular formula is C13H20N2O3. The molecule has 0 aromatic heterocycles. The molecule has 0 saturated heterocycles. The molecule has 1 aromatic rings. The molecule has 0 bridgehead atoms. The number of hydrogen-bond acceptors (Lipinski definition) is 4. The monoisotopic (exact) mass is 252 g/mol. The second-order valence-electron chi connectivity index (χ2n) is 4.99. The van der Waals surface area contributed by atoms with Crippen LogP contribution in [0.25, 0.3) is 0 Å². The molecule has 0 aliphatic rings. The molecule has 0 radical (unpaired) electrons. The summed E-state index contributed by atoms with van der Waals surface area (Å²) in [5, 5.41) is 11.4. The van der Waals surface area contributed by atoms with Crippen LogP contribution in [0, 0.1) is 0 Å². The zero-order valence-electron chi connectivity index (χ0n) is 11.2. The van der Waals surface area contributed by atoms with Crippen LogP contribution in [-0.2, 0) is 5.41 Å². The number of benzene rings is 1. The largest absolute Gasteiger partial charge is 0.497 e. The molecular weight excluding hydrogens is 232 g/mol. The first-order valence-electron chi connectivity index (χ1n) is 5.66. The number of nitrogens with zero attached hydrogens (tertiary/aromatic N) is 1. The lowest BCUT2D eigenvalue weighted by atomic mass is 9.86. The van der Waals surface area contributed by atoms with E-state index in [1.807, 2.05) is 18.2 Å². The van der Waals surface area contributed by atoms with Gasteiger partial charge < -0.3 is 20.4 Å². The van der Waals surface area contributed by atoms with Crippen LogP contribution in [0.5, 0.6) is 11.5 Å². The molecule has 0 aliphatic carbocycles. The summed E-state index contributed by atoms with van der Waals surface area (Å²) in [4.78, 5) is 0. The van der Waals surface area contributed by atoms with E-state index < -0.39 is 0 Å². The number of hydrogen-bond donors (Lipinski definition) is 2. The number of ether oxygens (including phenoxy) is 2. The topological polar surface area (TPSA) is 77.1 Å². The zero-order chi connectivity index (χ0) is 13.8. The Bertz CT molecular complexity index is 436. The van der Waals surface area contributed by atoms with Gasteiger partial charge in [-0.05, 0) is 23.6 Å². The molecule has 0 atom stereocenters.